The van der Waals surface area contributed by atoms with Crippen molar-refractivity contribution >= 4 is 56.5 Å². The van der Waals surface area contributed by atoms with Gasteiger partial charge in [0.15, 0.2) is 4.96 Å². The second-order valence-corrected chi connectivity index (χ2v) is 10.7. The smallest absolute Gasteiger partial charge is 0.258 e. The van der Waals surface area contributed by atoms with Crippen molar-refractivity contribution in [3.8, 4) is 9.88 Å². The molecule has 1 saturated heterocycles. The van der Waals surface area contributed by atoms with Crippen molar-refractivity contribution in [3.63, 3.8) is 0 Å². The lowest BCUT2D eigenvalue weighted by Crippen LogP contribution is -2.48. The van der Waals surface area contributed by atoms with E-state index in [2.05, 4.69) is 14.9 Å². The largest absolute Gasteiger partial charge is 0.340 e. The summed E-state index contributed by atoms with van der Waals surface area (Å²) in [5.74, 6) is 0.0945. The Morgan fingerprint density at radius 2 is 1.94 bits per heavy atom. The molecule has 1 aliphatic heterocycles. The highest BCUT2D eigenvalue weighted by atomic mass is 35.5. The highest BCUT2D eigenvalue weighted by Gasteiger charge is 2.22. The first-order valence-electron chi connectivity index (χ1n) is 9.71. The minimum absolute atomic E-state index is 0.0532. The van der Waals surface area contributed by atoms with Gasteiger partial charge in [0.25, 0.3) is 5.56 Å². The van der Waals surface area contributed by atoms with Crippen LogP contribution in [0.2, 0.25) is 4.34 Å². The predicted octanol–water partition coefficient (Wildman–Crippen LogP) is 3.48. The fourth-order valence-corrected chi connectivity index (χ4v) is 6.22. The minimum Gasteiger partial charge on any atom is -0.340 e. The summed E-state index contributed by atoms with van der Waals surface area (Å²) in [5.41, 5.74) is 1.52. The predicted molar refractivity (Wildman–Crippen MR) is 125 cm³/mol. The van der Waals surface area contributed by atoms with Crippen LogP contribution in [0.15, 0.2) is 40.0 Å². The Bertz CT molecular complexity index is 1290. The van der Waals surface area contributed by atoms with E-state index in [1.54, 1.807) is 16.7 Å². The van der Waals surface area contributed by atoms with Gasteiger partial charge < -0.3 is 4.90 Å². The molecule has 1 fully saturated rings. The van der Waals surface area contributed by atoms with Gasteiger partial charge in [0.2, 0.25) is 5.91 Å². The Balaban J connectivity index is 1.16. The van der Waals surface area contributed by atoms with Gasteiger partial charge in [-0.15, -0.1) is 34.0 Å². The molecular formula is C20H18ClN5O2S3. The number of hydrogen-bond acceptors (Lipinski definition) is 8. The second-order valence-electron chi connectivity index (χ2n) is 7.22. The fourth-order valence-electron chi connectivity index (χ4n) is 3.55. The molecule has 1 amide bonds. The molecule has 0 radical (unpaired) electrons. The van der Waals surface area contributed by atoms with Gasteiger partial charge in [0.05, 0.1) is 27.0 Å². The van der Waals surface area contributed by atoms with Gasteiger partial charge >= 0.3 is 0 Å². The molecule has 7 nitrogen and oxygen atoms in total. The Morgan fingerprint density at radius 1 is 1.10 bits per heavy atom. The van der Waals surface area contributed by atoms with Gasteiger partial charge in [0, 0.05) is 55.7 Å². The molecular weight excluding hydrogens is 474 g/mol. The van der Waals surface area contributed by atoms with Crippen LogP contribution in [0, 0.1) is 0 Å². The van der Waals surface area contributed by atoms with Crippen molar-refractivity contribution in [3.05, 3.63) is 61.2 Å². The fraction of sp³-hybridized carbons (Fsp3) is 0.300. The number of halogens is 1. The maximum atomic E-state index is 12.7. The van der Waals surface area contributed by atoms with E-state index in [1.165, 1.54) is 34.0 Å². The van der Waals surface area contributed by atoms with Gasteiger partial charge in [0.1, 0.15) is 5.01 Å². The van der Waals surface area contributed by atoms with E-state index in [1.807, 2.05) is 27.8 Å². The van der Waals surface area contributed by atoms with Crippen LogP contribution < -0.4 is 5.56 Å². The molecule has 4 aromatic heterocycles. The summed E-state index contributed by atoms with van der Waals surface area (Å²) in [7, 11) is 0. The average molecular weight is 492 g/mol. The number of fused-ring (bicyclic) bond motifs is 1. The van der Waals surface area contributed by atoms with Crippen LogP contribution >= 0.6 is 45.6 Å². The first-order valence-corrected chi connectivity index (χ1v) is 12.7. The minimum atomic E-state index is -0.0532. The topological polar surface area (TPSA) is 70.8 Å². The third kappa shape index (κ3) is 4.58. The number of piperazine rings is 1. The number of thiazole rings is 2. The molecule has 0 aromatic carbocycles. The zero-order valence-corrected chi connectivity index (χ0v) is 19.6. The van der Waals surface area contributed by atoms with Gasteiger partial charge in [-0.2, -0.15) is 0 Å². The van der Waals surface area contributed by atoms with Crippen LogP contribution in [0.25, 0.3) is 14.8 Å². The SMILES string of the molecule is O=C(Cc1csc(-c2ccc(Cl)s2)n1)N1CCN(Cc2cc(=O)n3ccsc3n2)CC1. The molecule has 0 N–H and O–H groups in total. The van der Waals surface area contributed by atoms with Gasteiger partial charge in [-0.05, 0) is 12.1 Å². The zero-order valence-electron chi connectivity index (χ0n) is 16.4. The van der Waals surface area contributed by atoms with Crippen molar-refractivity contribution in [2.45, 2.75) is 13.0 Å². The molecule has 5 heterocycles. The lowest BCUT2D eigenvalue weighted by molar-refractivity contribution is -0.132. The van der Waals surface area contributed by atoms with Crippen molar-refractivity contribution < 1.29 is 4.79 Å². The zero-order chi connectivity index (χ0) is 21.4. The summed E-state index contributed by atoms with van der Waals surface area (Å²) in [6, 6.07) is 5.41. The van der Waals surface area contributed by atoms with Gasteiger partial charge in [-0.25, -0.2) is 9.97 Å². The maximum Gasteiger partial charge on any atom is 0.258 e. The van der Waals surface area contributed by atoms with Crippen LogP contribution in [-0.2, 0) is 17.8 Å². The number of aromatic nitrogens is 3. The molecule has 4 aromatic rings. The van der Waals surface area contributed by atoms with E-state index < -0.39 is 0 Å². The third-order valence-corrected chi connectivity index (χ3v) is 8.18. The van der Waals surface area contributed by atoms with Crippen LogP contribution in [0.4, 0.5) is 0 Å². The number of carbonyl (C=O) groups is 1. The summed E-state index contributed by atoms with van der Waals surface area (Å²) in [4.78, 5) is 39.9. The van der Waals surface area contributed by atoms with Crippen LogP contribution in [0.5, 0.6) is 0 Å². The lowest BCUT2D eigenvalue weighted by atomic mass is 10.2. The van der Waals surface area contributed by atoms with Crippen molar-refractivity contribution in [1.82, 2.24) is 24.2 Å². The Kier molecular flexibility index (Phi) is 5.89. The average Bonchev–Trinajstić information content (AvgIpc) is 3.49. The van der Waals surface area contributed by atoms with Gasteiger partial charge in [-0.3, -0.25) is 18.9 Å². The molecule has 0 atom stereocenters. The number of carbonyl (C=O) groups excluding carboxylic acids is 1. The summed E-state index contributed by atoms with van der Waals surface area (Å²) >= 11 is 10.5. The highest BCUT2D eigenvalue weighted by Crippen LogP contribution is 2.33. The molecule has 1 aliphatic rings. The quantitative estimate of drug-likeness (QED) is 0.427. The molecule has 0 aliphatic carbocycles. The molecule has 31 heavy (non-hydrogen) atoms. The number of amides is 1. The van der Waals surface area contributed by atoms with E-state index in [0.717, 1.165) is 38.7 Å². The third-order valence-electron chi connectivity index (χ3n) is 5.13. The van der Waals surface area contributed by atoms with Gasteiger partial charge in [-0.1, -0.05) is 11.6 Å². The van der Waals surface area contributed by atoms with Crippen LogP contribution in [-0.4, -0.2) is 56.3 Å². The Morgan fingerprint density at radius 3 is 2.71 bits per heavy atom. The Labute approximate surface area is 195 Å². The maximum absolute atomic E-state index is 12.7. The second kappa shape index (κ2) is 8.79. The van der Waals surface area contributed by atoms with E-state index in [0.29, 0.717) is 31.0 Å². The van der Waals surface area contributed by atoms with Crippen molar-refractivity contribution in [1.29, 1.82) is 0 Å². The summed E-state index contributed by atoms with van der Waals surface area (Å²) in [5, 5.41) is 4.71. The Hall–Kier alpha value is -2.11. The monoisotopic (exact) mass is 491 g/mol. The summed E-state index contributed by atoms with van der Waals surface area (Å²) in [6.07, 6.45) is 2.05. The standard InChI is InChI=1S/C20H18ClN5O2S3/c21-16-2-1-15(31-16)19-22-14(12-30-19)10-17(27)25-5-3-24(4-6-25)11-13-9-18(28)26-7-8-29-20(26)23-13/h1-2,7-9,12H,3-6,10-11H2. The molecule has 11 heteroatoms. The molecule has 160 valence electrons. The first kappa shape index (κ1) is 20.8. The summed E-state index contributed by atoms with van der Waals surface area (Å²) < 4.78 is 2.29. The van der Waals surface area contributed by atoms with Crippen molar-refractivity contribution in [2.24, 2.45) is 0 Å². The molecule has 0 bridgehead atoms. The molecule has 0 saturated carbocycles. The van der Waals surface area contributed by atoms with Crippen LogP contribution in [0.1, 0.15) is 11.4 Å². The lowest BCUT2D eigenvalue weighted by Gasteiger charge is -2.34. The first-order chi connectivity index (χ1) is 15.0. The highest BCUT2D eigenvalue weighted by molar-refractivity contribution is 7.23. The number of rotatable bonds is 5. The van der Waals surface area contributed by atoms with Crippen LogP contribution in [0.3, 0.4) is 0 Å². The number of thiophene rings is 1. The molecule has 0 spiro atoms. The van der Waals surface area contributed by atoms with E-state index in [9.17, 15) is 9.59 Å². The number of nitrogens with zero attached hydrogens (tertiary/aromatic N) is 5. The van der Waals surface area contributed by atoms with E-state index in [4.69, 9.17) is 11.6 Å². The number of hydrogen-bond donors (Lipinski definition) is 0. The van der Waals surface area contributed by atoms with E-state index in [-0.39, 0.29) is 11.5 Å². The normalized spacial score (nSPS) is 15.1. The molecule has 0 unspecified atom stereocenters. The van der Waals surface area contributed by atoms with Crippen molar-refractivity contribution in [2.75, 3.05) is 26.2 Å². The molecule has 5 rings (SSSR count). The summed E-state index contributed by atoms with van der Waals surface area (Å²) in [6.45, 7) is 3.46. The van der Waals surface area contributed by atoms with E-state index >= 15 is 0 Å².